The molecule has 8 aromatic carbocycles. The molecule has 0 spiro atoms. The quantitative estimate of drug-likeness (QED) is 0.176. The number of hydrogen-bond donors (Lipinski definition) is 0. The van der Waals surface area contributed by atoms with Crippen molar-refractivity contribution >= 4 is 32.7 Å². The highest BCUT2D eigenvalue weighted by molar-refractivity contribution is 6.13. The van der Waals surface area contributed by atoms with Crippen molar-refractivity contribution in [3.63, 3.8) is 0 Å². The Morgan fingerprint density at radius 2 is 0.774 bits per heavy atom. The van der Waals surface area contributed by atoms with Crippen molar-refractivity contribution in [2.45, 2.75) is 0 Å². The second-order valence-corrected chi connectivity index (χ2v) is 13.3. The molecular formula is C49H31N3O. The summed E-state index contributed by atoms with van der Waals surface area (Å²) in [6.45, 7) is 0. The number of hydrogen-bond acceptors (Lipinski definition) is 4. The van der Waals surface area contributed by atoms with E-state index in [9.17, 15) is 0 Å². The van der Waals surface area contributed by atoms with E-state index in [0.29, 0.717) is 17.5 Å². The normalized spacial score (nSPS) is 11.4. The van der Waals surface area contributed by atoms with E-state index in [-0.39, 0.29) is 0 Å². The zero-order chi connectivity index (χ0) is 35.1. The van der Waals surface area contributed by atoms with Crippen LogP contribution in [0.5, 0.6) is 0 Å². The summed E-state index contributed by atoms with van der Waals surface area (Å²) in [4.78, 5) is 15.6. The maximum atomic E-state index is 6.48. The molecule has 0 bridgehead atoms. The molecule has 4 heteroatoms. The predicted molar refractivity (Wildman–Crippen MR) is 217 cm³/mol. The van der Waals surface area contributed by atoms with E-state index in [1.165, 1.54) is 11.1 Å². The summed E-state index contributed by atoms with van der Waals surface area (Å²) in [5, 5.41) is 4.28. The molecule has 10 aromatic rings. The Bertz CT molecular complexity index is 2920. The Balaban J connectivity index is 1.18. The molecule has 0 atom stereocenters. The van der Waals surface area contributed by atoms with E-state index in [0.717, 1.165) is 71.7 Å². The molecule has 0 amide bonds. The molecule has 0 aliphatic rings. The standard InChI is InChI=1S/C49H31N3O/c1-4-12-32(13-5-1)35-20-22-36(23-21-35)47-50-48(40-27-26-38-28-37(24-25-39(38)29-40)33-14-6-2-7-15-33)52-49(51-47)43-30-41(34-16-8-3-9-17-34)31-45-46(43)42-18-10-11-19-44(42)53-45/h1-31H. The molecule has 2 heterocycles. The van der Waals surface area contributed by atoms with Crippen LogP contribution in [0.1, 0.15) is 0 Å². The molecule has 0 aliphatic heterocycles. The fourth-order valence-electron chi connectivity index (χ4n) is 7.22. The molecular weight excluding hydrogens is 647 g/mol. The van der Waals surface area contributed by atoms with Crippen molar-refractivity contribution in [1.29, 1.82) is 0 Å². The van der Waals surface area contributed by atoms with Gasteiger partial charge in [-0.25, -0.2) is 15.0 Å². The maximum Gasteiger partial charge on any atom is 0.164 e. The van der Waals surface area contributed by atoms with Crippen molar-refractivity contribution in [3.05, 3.63) is 188 Å². The number of aromatic nitrogens is 3. The lowest BCUT2D eigenvalue weighted by molar-refractivity contribution is 0.669. The molecule has 2 aromatic heterocycles. The van der Waals surface area contributed by atoms with Crippen molar-refractivity contribution in [1.82, 2.24) is 15.0 Å². The third kappa shape index (κ3) is 5.73. The van der Waals surface area contributed by atoms with E-state index >= 15 is 0 Å². The number of rotatable bonds is 6. The topological polar surface area (TPSA) is 51.8 Å². The summed E-state index contributed by atoms with van der Waals surface area (Å²) < 4.78 is 6.48. The first-order chi connectivity index (χ1) is 26.2. The third-order valence-electron chi connectivity index (χ3n) is 9.92. The van der Waals surface area contributed by atoms with Gasteiger partial charge < -0.3 is 4.42 Å². The SMILES string of the molecule is c1ccc(-c2ccc(-c3nc(-c4ccc5cc(-c6ccccc6)ccc5c4)nc(-c4cc(-c5ccccc5)cc5oc6ccccc6c45)n3)cc2)cc1. The van der Waals surface area contributed by atoms with Crippen LogP contribution < -0.4 is 0 Å². The molecule has 248 valence electrons. The Hall–Kier alpha value is -7.17. The summed E-state index contributed by atoms with van der Waals surface area (Å²) in [5.41, 5.74) is 11.1. The minimum absolute atomic E-state index is 0.589. The summed E-state index contributed by atoms with van der Waals surface area (Å²) in [6.07, 6.45) is 0. The van der Waals surface area contributed by atoms with Crippen LogP contribution in [0.4, 0.5) is 0 Å². The van der Waals surface area contributed by atoms with E-state index in [1.54, 1.807) is 0 Å². The number of furan rings is 1. The number of nitrogens with zero attached hydrogens (tertiary/aromatic N) is 3. The van der Waals surface area contributed by atoms with Crippen LogP contribution in [0.25, 0.3) is 100 Å². The molecule has 0 saturated heterocycles. The summed E-state index contributed by atoms with van der Waals surface area (Å²) in [7, 11) is 0. The van der Waals surface area contributed by atoms with Gasteiger partial charge in [-0.05, 0) is 74.5 Å². The lowest BCUT2D eigenvalue weighted by atomic mass is 9.98. The summed E-state index contributed by atoms with van der Waals surface area (Å²) in [6, 6.07) is 65.2. The second-order valence-electron chi connectivity index (χ2n) is 13.3. The largest absolute Gasteiger partial charge is 0.456 e. The third-order valence-corrected chi connectivity index (χ3v) is 9.92. The van der Waals surface area contributed by atoms with Gasteiger partial charge in [0.2, 0.25) is 0 Å². The minimum atomic E-state index is 0.589. The average Bonchev–Trinajstić information content (AvgIpc) is 3.62. The summed E-state index contributed by atoms with van der Waals surface area (Å²) in [5.74, 6) is 1.80. The van der Waals surface area contributed by atoms with Gasteiger partial charge in [0, 0.05) is 27.5 Å². The lowest BCUT2D eigenvalue weighted by Crippen LogP contribution is -2.01. The Kier molecular flexibility index (Phi) is 7.43. The van der Waals surface area contributed by atoms with Crippen LogP contribution in [-0.4, -0.2) is 15.0 Å². The van der Waals surface area contributed by atoms with Crippen LogP contribution in [0, 0.1) is 0 Å². The smallest absolute Gasteiger partial charge is 0.164 e. The first-order valence-corrected chi connectivity index (χ1v) is 17.8. The van der Waals surface area contributed by atoms with E-state index in [4.69, 9.17) is 19.4 Å². The number of benzene rings is 8. The highest BCUT2D eigenvalue weighted by Gasteiger charge is 2.20. The van der Waals surface area contributed by atoms with E-state index in [1.807, 2.05) is 36.4 Å². The van der Waals surface area contributed by atoms with Crippen molar-refractivity contribution < 1.29 is 4.42 Å². The zero-order valence-corrected chi connectivity index (χ0v) is 28.6. The van der Waals surface area contributed by atoms with Gasteiger partial charge >= 0.3 is 0 Å². The van der Waals surface area contributed by atoms with Crippen LogP contribution >= 0.6 is 0 Å². The number of fused-ring (bicyclic) bond motifs is 4. The van der Waals surface area contributed by atoms with Crippen molar-refractivity contribution in [2.75, 3.05) is 0 Å². The molecule has 0 unspecified atom stereocenters. The summed E-state index contributed by atoms with van der Waals surface area (Å²) >= 11 is 0. The van der Waals surface area contributed by atoms with Crippen LogP contribution in [0.3, 0.4) is 0 Å². The molecule has 0 radical (unpaired) electrons. The molecule has 53 heavy (non-hydrogen) atoms. The van der Waals surface area contributed by atoms with Gasteiger partial charge in [0.05, 0.1) is 0 Å². The van der Waals surface area contributed by atoms with Crippen LogP contribution in [0.2, 0.25) is 0 Å². The van der Waals surface area contributed by atoms with Gasteiger partial charge in [-0.1, -0.05) is 158 Å². The highest BCUT2D eigenvalue weighted by Crippen LogP contribution is 2.40. The first kappa shape index (κ1) is 30.6. The molecule has 10 rings (SSSR count). The Morgan fingerprint density at radius 1 is 0.302 bits per heavy atom. The van der Waals surface area contributed by atoms with Gasteiger partial charge in [0.25, 0.3) is 0 Å². The molecule has 4 nitrogen and oxygen atoms in total. The van der Waals surface area contributed by atoms with Crippen molar-refractivity contribution in [3.8, 4) is 67.5 Å². The minimum Gasteiger partial charge on any atom is -0.456 e. The molecule has 0 aliphatic carbocycles. The zero-order valence-electron chi connectivity index (χ0n) is 28.6. The number of para-hydroxylation sites is 1. The first-order valence-electron chi connectivity index (χ1n) is 17.8. The van der Waals surface area contributed by atoms with Gasteiger partial charge in [-0.2, -0.15) is 0 Å². The highest BCUT2D eigenvalue weighted by atomic mass is 16.3. The average molecular weight is 678 g/mol. The van der Waals surface area contributed by atoms with E-state index in [2.05, 4.69) is 152 Å². The Morgan fingerprint density at radius 3 is 1.45 bits per heavy atom. The van der Waals surface area contributed by atoms with Crippen LogP contribution in [0.15, 0.2) is 192 Å². The maximum absolute atomic E-state index is 6.48. The van der Waals surface area contributed by atoms with E-state index < -0.39 is 0 Å². The fraction of sp³-hybridized carbons (Fsp3) is 0. The van der Waals surface area contributed by atoms with Crippen molar-refractivity contribution in [2.24, 2.45) is 0 Å². The molecule has 0 N–H and O–H groups in total. The van der Waals surface area contributed by atoms with Gasteiger partial charge in [0.15, 0.2) is 17.5 Å². The van der Waals surface area contributed by atoms with Gasteiger partial charge in [-0.15, -0.1) is 0 Å². The van der Waals surface area contributed by atoms with Gasteiger partial charge in [-0.3, -0.25) is 0 Å². The Labute approximate surface area is 306 Å². The molecule has 0 fully saturated rings. The van der Waals surface area contributed by atoms with Gasteiger partial charge in [0.1, 0.15) is 11.2 Å². The monoisotopic (exact) mass is 677 g/mol. The second kappa shape index (κ2) is 12.9. The fourth-order valence-corrected chi connectivity index (χ4v) is 7.22. The van der Waals surface area contributed by atoms with Crippen LogP contribution in [-0.2, 0) is 0 Å². The predicted octanol–water partition coefficient (Wildman–Crippen LogP) is 12.9. The lowest BCUT2D eigenvalue weighted by Gasteiger charge is -2.12. The molecule has 0 saturated carbocycles.